The van der Waals surface area contributed by atoms with E-state index < -0.39 is 23.0 Å². The Morgan fingerprint density at radius 3 is 2.48 bits per heavy atom. The lowest BCUT2D eigenvalue weighted by Gasteiger charge is -2.52. The Kier molecular flexibility index (Phi) is 10.9. The Balaban J connectivity index is 1.33. The molecule has 3 atom stereocenters. The molecule has 2 N–H and O–H groups in total. The van der Waals surface area contributed by atoms with Gasteiger partial charge in [-0.15, -0.1) is 0 Å². The average molecular weight is 669 g/mol. The summed E-state index contributed by atoms with van der Waals surface area (Å²) in [5.74, 6) is -1.11. The van der Waals surface area contributed by atoms with Gasteiger partial charge in [-0.1, -0.05) is 18.6 Å². The molecule has 3 fully saturated rings. The number of methoxy groups -OCH3 is 1. The van der Waals surface area contributed by atoms with Crippen LogP contribution in [0, 0.1) is 34.8 Å². The molecule has 9 nitrogen and oxygen atoms in total. The van der Waals surface area contributed by atoms with Gasteiger partial charge in [-0.2, -0.15) is 5.26 Å². The number of rotatable bonds is 11. The van der Waals surface area contributed by atoms with E-state index in [2.05, 4.69) is 21.6 Å². The Hall–Kier alpha value is -3.82. The van der Waals surface area contributed by atoms with Gasteiger partial charge in [0.1, 0.15) is 5.82 Å². The monoisotopic (exact) mass is 668 g/mol. The van der Waals surface area contributed by atoms with Gasteiger partial charge in [0, 0.05) is 43.6 Å². The molecule has 3 aliphatic rings. The summed E-state index contributed by atoms with van der Waals surface area (Å²) in [5, 5.41) is 15.5. The fourth-order valence-corrected chi connectivity index (χ4v) is 8.48. The van der Waals surface area contributed by atoms with Gasteiger partial charge in [0.05, 0.1) is 37.5 Å². The highest BCUT2D eigenvalue weighted by Gasteiger charge is 2.53. The van der Waals surface area contributed by atoms with E-state index in [-0.39, 0.29) is 67.9 Å². The number of nitrogens with one attached hydrogen (secondary N) is 2. The lowest BCUT2D eigenvalue weighted by atomic mass is 9.58. The average Bonchev–Trinajstić information content (AvgIpc) is 3.49. The van der Waals surface area contributed by atoms with Crippen molar-refractivity contribution in [2.45, 2.75) is 62.7 Å². The lowest BCUT2D eigenvalue weighted by Crippen LogP contribution is -2.65. The second-order valence-corrected chi connectivity index (χ2v) is 14.1. The molecule has 48 heavy (non-hydrogen) atoms. The summed E-state index contributed by atoms with van der Waals surface area (Å²) >= 11 is 0. The van der Waals surface area contributed by atoms with Gasteiger partial charge in [0.25, 0.3) is 0 Å². The highest BCUT2D eigenvalue weighted by atomic mass is 19.1. The van der Waals surface area contributed by atoms with E-state index >= 15 is 8.78 Å². The molecule has 12 heteroatoms. The molecule has 2 heterocycles. The molecule has 2 aliphatic heterocycles. The van der Waals surface area contributed by atoms with Crippen LogP contribution in [0.5, 0.6) is 0 Å². The Morgan fingerprint density at radius 1 is 1.12 bits per heavy atom. The first-order valence-corrected chi connectivity index (χ1v) is 16.8. The zero-order valence-corrected chi connectivity index (χ0v) is 28.3. The van der Waals surface area contributed by atoms with Crippen molar-refractivity contribution >= 4 is 17.7 Å². The molecule has 2 aromatic rings. The number of ether oxygens (including phenoxy) is 1. The van der Waals surface area contributed by atoms with Gasteiger partial charge in [0.2, 0.25) is 5.91 Å². The molecule has 0 spiro atoms. The first-order valence-electron chi connectivity index (χ1n) is 16.8. The lowest BCUT2D eigenvalue weighted by molar-refractivity contribution is -0.119. The molecule has 1 aliphatic carbocycles. The second-order valence-electron chi connectivity index (χ2n) is 14.1. The van der Waals surface area contributed by atoms with Crippen LogP contribution < -0.4 is 15.5 Å². The zero-order valence-electron chi connectivity index (χ0n) is 28.3. The molecule has 0 unspecified atom stereocenters. The third kappa shape index (κ3) is 7.42. The normalized spacial score (nSPS) is 22.4. The van der Waals surface area contributed by atoms with Crippen LogP contribution in [0.1, 0.15) is 55.7 Å². The highest BCUT2D eigenvalue weighted by molar-refractivity contribution is 5.73. The maximum atomic E-state index is 16.1. The number of nitriles is 1. The fraction of sp³-hybridized carbons (Fsp3) is 0.583. The topological polar surface area (TPSA) is 101 Å². The minimum Gasteiger partial charge on any atom is -0.453 e. The van der Waals surface area contributed by atoms with Crippen molar-refractivity contribution in [3.05, 3.63) is 64.7 Å². The van der Waals surface area contributed by atoms with Gasteiger partial charge >= 0.3 is 6.09 Å². The van der Waals surface area contributed by atoms with Crippen molar-refractivity contribution in [2.24, 2.45) is 11.8 Å². The number of alkyl carbamates (subject to hydrolysis) is 1. The smallest absolute Gasteiger partial charge is 0.407 e. The van der Waals surface area contributed by atoms with Gasteiger partial charge in [-0.05, 0) is 94.5 Å². The van der Waals surface area contributed by atoms with Crippen LogP contribution in [0.4, 0.5) is 23.7 Å². The van der Waals surface area contributed by atoms with Crippen molar-refractivity contribution < 1.29 is 27.5 Å². The number of likely N-dealkylation sites (tertiary alicyclic amines) is 1. The van der Waals surface area contributed by atoms with Crippen molar-refractivity contribution in [3.63, 3.8) is 0 Å². The Bertz CT molecular complexity index is 1520. The Morgan fingerprint density at radius 2 is 1.85 bits per heavy atom. The number of amides is 2. The van der Waals surface area contributed by atoms with Crippen LogP contribution in [0.2, 0.25) is 0 Å². The number of halogens is 3. The predicted molar refractivity (Wildman–Crippen MR) is 177 cm³/mol. The highest BCUT2D eigenvalue weighted by Crippen LogP contribution is 2.50. The van der Waals surface area contributed by atoms with Crippen molar-refractivity contribution in [2.75, 3.05) is 65.4 Å². The van der Waals surface area contributed by atoms with Crippen LogP contribution in [-0.2, 0) is 21.5 Å². The van der Waals surface area contributed by atoms with Gasteiger partial charge in [-0.3, -0.25) is 9.69 Å². The molecule has 260 valence electrons. The summed E-state index contributed by atoms with van der Waals surface area (Å²) in [5.41, 5.74) is -0.523. The van der Waals surface area contributed by atoms with Crippen LogP contribution in [-0.4, -0.2) is 94.0 Å². The molecular formula is C36H47F3N6O3. The maximum absolute atomic E-state index is 16.1. The van der Waals surface area contributed by atoms with E-state index in [1.54, 1.807) is 48.2 Å². The van der Waals surface area contributed by atoms with Crippen molar-refractivity contribution in [3.8, 4) is 6.07 Å². The minimum atomic E-state index is -1.52. The number of alkyl halides is 1. The quantitative estimate of drug-likeness (QED) is 0.357. The number of anilines is 1. The Labute approximate surface area is 281 Å². The predicted octanol–water partition coefficient (Wildman–Crippen LogP) is 4.74. The number of carbonyl (C=O) groups is 2. The third-order valence-corrected chi connectivity index (χ3v) is 10.6. The van der Waals surface area contributed by atoms with E-state index in [4.69, 9.17) is 4.74 Å². The molecular weight excluding hydrogens is 621 g/mol. The van der Waals surface area contributed by atoms with Gasteiger partial charge < -0.3 is 25.2 Å². The van der Waals surface area contributed by atoms with E-state index in [0.717, 1.165) is 24.8 Å². The summed E-state index contributed by atoms with van der Waals surface area (Å²) in [7, 11) is 4.94. The second kappa shape index (κ2) is 14.7. The third-order valence-electron chi connectivity index (χ3n) is 10.6. The van der Waals surface area contributed by atoms with Gasteiger partial charge in [-0.25, -0.2) is 18.0 Å². The van der Waals surface area contributed by atoms with Crippen molar-refractivity contribution in [1.82, 2.24) is 20.4 Å². The molecule has 2 saturated heterocycles. The molecule has 2 aromatic carbocycles. The largest absolute Gasteiger partial charge is 0.453 e. The number of nitrogens with zero attached hydrogens (tertiary/aromatic N) is 4. The first kappa shape index (κ1) is 35.5. The van der Waals surface area contributed by atoms with Crippen LogP contribution in [0.25, 0.3) is 0 Å². The van der Waals surface area contributed by atoms with E-state index in [0.29, 0.717) is 37.2 Å². The molecule has 5 rings (SSSR count). The summed E-state index contributed by atoms with van der Waals surface area (Å²) in [6.07, 6.45) is 3.26. The van der Waals surface area contributed by atoms with E-state index in [1.165, 1.54) is 20.1 Å². The molecule has 1 saturated carbocycles. The maximum Gasteiger partial charge on any atom is 0.407 e. The number of hydrogen-bond donors (Lipinski definition) is 2. The fourth-order valence-electron chi connectivity index (χ4n) is 8.48. The standard InChI is InChI=1S/C36H47F3N6O3/c1-24(46)41-20-36(27-7-5-8-28(37)17-27,30-9-6-10-31(30)42-34(47)48-4)26-13-15-44(16-14-26)21-35(39)22-45(23-35)32-12-11-25(18-40)29(33(32)38)19-43(2)3/h5,7-8,11-12,17,26,30-31H,6,9-10,13-16,19-23H2,1-4H3,(H,41,46)(H,42,47)/t30-,31-,36-/m0/s1. The molecule has 0 aromatic heterocycles. The summed E-state index contributed by atoms with van der Waals surface area (Å²) in [6, 6.07) is 11.6. The molecule has 2 amide bonds. The molecule has 0 radical (unpaired) electrons. The van der Waals surface area contributed by atoms with Gasteiger partial charge in [0.15, 0.2) is 11.5 Å². The van der Waals surface area contributed by atoms with E-state index in [1.807, 2.05) is 6.07 Å². The summed E-state index contributed by atoms with van der Waals surface area (Å²) in [4.78, 5) is 30.3. The molecule has 0 bridgehead atoms. The summed E-state index contributed by atoms with van der Waals surface area (Å²) < 4.78 is 51.4. The number of hydrogen-bond acceptors (Lipinski definition) is 7. The van der Waals surface area contributed by atoms with E-state index in [9.17, 15) is 19.2 Å². The first-order chi connectivity index (χ1) is 22.9. The SMILES string of the molecule is COC(=O)N[C@H]1CCC[C@@H]1[C@](CNC(C)=O)(c1cccc(F)c1)C1CCN(CC2(F)CN(c3ccc(C#N)c(CN(C)C)c3F)C2)CC1. The van der Waals surface area contributed by atoms with Crippen LogP contribution in [0.3, 0.4) is 0 Å². The number of piperidine rings is 1. The number of carbonyl (C=O) groups excluding carboxylic acids is 2. The minimum absolute atomic E-state index is 0.0174. The summed E-state index contributed by atoms with van der Waals surface area (Å²) in [6.45, 7) is 3.53. The van der Waals surface area contributed by atoms with Crippen LogP contribution >= 0.6 is 0 Å². The zero-order chi connectivity index (χ0) is 34.6. The van der Waals surface area contributed by atoms with Crippen molar-refractivity contribution in [1.29, 1.82) is 5.26 Å². The van der Waals surface area contributed by atoms with Crippen LogP contribution in [0.15, 0.2) is 36.4 Å². The number of benzene rings is 2.